The summed E-state index contributed by atoms with van der Waals surface area (Å²) in [5.74, 6) is 1.50. The molecule has 5 heteroatoms. The van der Waals surface area contributed by atoms with Gasteiger partial charge < -0.3 is 14.3 Å². The Balaban J connectivity index is 1.71. The van der Waals surface area contributed by atoms with Gasteiger partial charge in [-0.05, 0) is 41.2 Å². The van der Waals surface area contributed by atoms with E-state index in [1.165, 1.54) is 11.1 Å². The van der Waals surface area contributed by atoms with Gasteiger partial charge in [-0.25, -0.2) is 4.98 Å². The Morgan fingerprint density at radius 1 is 1.03 bits per heavy atom. The molecular formula is C26H28N2O3. The van der Waals surface area contributed by atoms with Crippen LogP contribution in [0.3, 0.4) is 0 Å². The first-order valence-corrected chi connectivity index (χ1v) is 10.6. The number of rotatable bonds is 7. The first-order valence-electron chi connectivity index (χ1n) is 10.6. The SMILES string of the molecule is COc1ccnc(OC)c1C1CC(C)C(C=O)N1Cc1cccc(-c2ccccc2)c1. The fourth-order valence-corrected chi connectivity index (χ4v) is 4.65. The molecule has 0 spiro atoms. The van der Waals surface area contributed by atoms with Gasteiger partial charge in [0, 0.05) is 18.8 Å². The van der Waals surface area contributed by atoms with Gasteiger partial charge in [0.1, 0.15) is 12.0 Å². The molecule has 1 aliphatic heterocycles. The second kappa shape index (κ2) is 9.31. The monoisotopic (exact) mass is 416 g/mol. The topological polar surface area (TPSA) is 51.7 Å². The molecule has 2 aromatic carbocycles. The maximum atomic E-state index is 12.1. The van der Waals surface area contributed by atoms with Crippen LogP contribution in [-0.2, 0) is 11.3 Å². The number of ether oxygens (including phenoxy) is 2. The van der Waals surface area contributed by atoms with Gasteiger partial charge in [-0.2, -0.15) is 0 Å². The molecule has 0 bridgehead atoms. The Morgan fingerprint density at radius 2 is 1.81 bits per heavy atom. The Morgan fingerprint density at radius 3 is 2.52 bits per heavy atom. The summed E-state index contributed by atoms with van der Waals surface area (Å²) in [6.45, 7) is 2.78. The lowest BCUT2D eigenvalue weighted by molar-refractivity contribution is -0.113. The van der Waals surface area contributed by atoms with E-state index in [2.05, 4.69) is 53.2 Å². The Hall–Kier alpha value is -3.18. The summed E-state index contributed by atoms with van der Waals surface area (Å²) in [6, 6.07) is 20.5. The third-order valence-electron chi connectivity index (χ3n) is 6.16. The van der Waals surface area contributed by atoms with Crippen LogP contribution in [-0.4, -0.2) is 36.4 Å². The first-order chi connectivity index (χ1) is 15.2. The summed E-state index contributed by atoms with van der Waals surface area (Å²) in [6.07, 6.45) is 3.59. The van der Waals surface area contributed by atoms with Crippen molar-refractivity contribution in [3.05, 3.63) is 78.0 Å². The highest BCUT2D eigenvalue weighted by Crippen LogP contribution is 2.46. The fourth-order valence-electron chi connectivity index (χ4n) is 4.65. The molecule has 0 saturated carbocycles. The third-order valence-corrected chi connectivity index (χ3v) is 6.16. The van der Waals surface area contributed by atoms with Crippen molar-refractivity contribution in [3.63, 3.8) is 0 Å². The molecule has 3 atom stereocenters. The van der Waals surface area contributed by atoms with Crippen LogP contribution in [0.15, 0.2) is 66.9 Å². The first kappa shape index (κ1) is 21.1. The van der Waals surface area contributed by atoms with Crippen molar-refractivity contribution >= 4 is 6.29 Å². The molecule has 3 unspecified atom stereocenters. The molecule has 5 nitrogen and oxygen atoms in total. The summed E-state index contributed by atoms with van der Waals surface area (Å²) in [5.41, 5.74) is 4.41. The second-order valence-electron chi connectivity index (χ2n) is 8.03. The number of nitrogens with zero attached hydrogens (tertiary/aromatic N) is 2. The van der Waals surface area contributed by atoms with E-state index in [1.54, 1.807) is 20.4 Å². The van der Waals surface area contributed by atoms with Crippen LogP contribution in [0.2, 0.25) is 0 Å². The number of aromatic nitrogens is 1. The van der Waals surface area contributed by atoms with E-state index in [0.717, 1.165) is 29.6 Å². The molecule has 2 heterocycles. The number of aldehydes is 1. The second-order valence-corrected chi connectivity index (χ2v) is 8.03. The highest BCUT2D eigenvalue weighted by atomic mass is 16.5. The minimum absolute atomic E-state index is 0.0239. The van der Waals surface area contributed by atoms with E-state index >= 15 is 0 Å². The van der Waals surface area contributed by atoms with Crippen LogP contribution in [0.5, 0.6) is 11.6 Å². The van der Waals surface area contributed by atoms with E-state index in [4.69, 9.17) is 9.47 Å². The van der Waals surface area contributed by atoms with Crippen LogP contribution in [0, 0.1) is 5.92 Å². The van der Waals surface area contributed by atoms with Gasteiger partial charge in [0.05, 0.1) is 25.8 Å². The van der Waals surface area contributed by atoms with Crippen molar-refractivity contribution in [1.82, 2.24) is 9.88 Å². The molecule has 1 aromatic heterocycles. The van der Waals surface area contributed by atoms with E-state index in [1.807, 2.05) is 24.3 Å². The molecule has 1 aliphatic rings. The van der Waals surface area contributed by atoms with Crippen molar-refractivity contribution < 1.29 is 14.3 Å². The summed E-state index contributed by atoms with van der Waals surface area (Å²) in [7, 11) is 3.27. The molecule has 0 amide bonds. The number of carbonyl (C=O) groups is 1. The number of hydrogen-bond donors (Lipinski definition) is 0. The molecule has 0 aliphatic carbocycles. The molecule has 1 saturated heterocycles. The molecular weight excluding hydrogens is 388 g/mol. The van der Waals surface area contributed by atoms with Crippen LogP contribution in [0.1, 0.15) is 30.5 Å². The predicted octanol–water partition coefficient (Wildman–Crippen LogP) is 4.92. The Bertz CT molecular complexity index is 1020. The quantitative estimate of drug-likeness (QED) is 0.512. The van der Waals surface area contributed by atoms with Gasteiger partial charge in [-0.1, -0.05) is 55.5 Å². The number of methoxy groups -OCH3 is 2. The molecule has 160 valence electrons. The van der Waals surface area contributed by atoms with E-state index in [0.29, 0.717) is 12.4 Å². The fraction of sp³-hybridized carbons (Fsp3) is 0.308. The van der Waals surface area contributed by atoms with Gasteiger partial charge in [0.15, 0.2) is 0 Å². The standard InChI is InChI=1S/C26H28N2O3/c1-18-14-22(25-24(30-2)12-13-27-26(25)31-3)28(23(18)17-29)16-19-8-7-11-21(15-19)20-9-5-4-6-10-20/h4-13,15,17-18,22-23H,14,16H2,1-3H3. The van der Waals surface area contributed by atoms with Crippen LogP contribution < -0.4 is 9.47 Å². The normalized spacial score (nSPS) is 21.1. The van der Waals surface area contributed by atoms with Gasteiger partial charge in [-0.15, -0.1) is 0 Å². The van der Waals surface area contributed by atoms with E-state index in [9.17, 15) is 4.79 Å². The van der Waals surface area contributed by atoms with E-state index in [-0.39, 0.29) is 18.0 Å². The van der Waals surface area contributed by atoms with Gasteiger partial charge in [-0.3, -0.25) is 4.90 Å². The predicted molar refractivity (Wildman–Crippen MR) is 121 cm³/mol. The number of benzene rings is 2. The summed E-state index contributed by atoms with van der Waals surface area (Å²) < 4.78 is 11.2. The van der Waals surface area contributed by atoms with Crippen molar-refractivity contribution in [2.75, 3.05) is 14.2 Å². The smallest absolute Gasteiger partial charge is 0.221 e. The maximum absolute atomic E-state index is 12.1. The zero-order valence-electron chi connectivity index (χ0n) is 18.2. The maximum Gasteiger partial charge on any atom is 0.221 e. The van der Waals surface area contributed by atoms with Crippen LogP contribution in [0.4, 0.5) is 0 Å². The highest BCUT2D eigenvalue weighted by molar-refractivity contribution is 5.64. The van der Waals surface area contributed by atoms with E-state index < -0.39 is 0 Å². The van der Waals surface area contributed by atoms with Crippen LogP contribution >= 0.6 is 0 Å². The average molecular weight is 417 g/mol. The molecule has 3 aromatic rings. The lowest BCUT2D eigenvalue weighted by Crippen LogP contribution is -2.34. The molecule has 0 radical (unpaired) electrons. The highest BCUT2D eigenvalue weighted by Gasteiger charge is 2.42. The van der Waals surface area contributed by atoms with Crippen molar-refractivity contribution in [3.8, 4) is 22.8 Å². The Labute approximate surface area is 183 Å². The lowest BCUT2D eigenvalue weighted by Gasteiger charge is -2.30. The van der Waals surface area contributed by atoms with Crippen molar-refractivity contribution in [2.24, 2.45) is 5.92 Å². The minimum Gasteiger partial charge on any atom is -0.496 e. The van der Waals surface area contributed by atoms with Crippen LogP contribution in [0.25, 0.3) is 11.1 Å². The minimum atomic E-state index is -0.181. The molecule has 31 heavy (non-hydrogen) atoms. The largest absolute Gasteiger partial charge is 0.496 e. The van der Waals surface area contributed by atoms with Gasteiger partial charge >= 0.3 is 0 Å². The zero-order chi connectivity index (χ0) is 21.8. The van der Waals surface area contributed by atoms with Crippen molar-refractivity contribution in [2.45, 2.75) is 32.0 Å². The summed E-state index contributed by atoms with van der Waals surface area (Å²) in [4.78, 5) is 18.7. The van der Waals surface area contributed by atoms with Gasteiger partial charge in [0.25, 0.3) is 0 Å². The number of hydrogen-bond acceptors (Lipinski definition) is 5. The number of carbonyl (C=O) groups excluding carboxylic acids is 1. The third kappa shape index (κ3) is 4.19. The Kier molecular flexibility index (Phi) is 6.33. The lowest BCUT2D eigenvalue weighted by atomic mass is 9.99. The number of likely N-dealkylation sites (tertiary alicyclic amines) is 1. The molecule has 0 N–H and O–H groups in total. The zero-order valence-corrected chi connectivity index (χ0v) is 18.2. The van der Waals surface area contributed by atoms with Crippen molar-refractivity contribution in [1.29, 1.82) is 0 Å². The summed E-state index contributed by atoms with van der Waals surface area (Å²) >= 11 is 0. The average Bonchev–Trinajstić information content (AvgIpc) is 3.13. The molecule has 4 rings (SSSR count). The molecule has 1 fully saturated rings. The summed E-state index contributed by atoms with van der Waals surface area (Å²) in [5, 5.41) is 0. The number of pyridine rings is 1. The van der Waals surface area contributed by atoms with Gasteiger partial charge in [0.2, 0.25) is 5.88 Å².